The van der Waals surface area contributed by atoms with Crippen LogP contribution >= 0.6 is 28.1 Å². The van der Waals surface area contributed by atoms with Crippen molar-refractivity contribution < 1.29 is 9.59 Å². The van der Waals surface area contributed by atoms with E-state index in [2.05, 4.69) is 15.9 Å². The lowest BCUT2D eigenvalue weighted by Crippen LogP contribution is -2.34. The highest BCUT2D eigenvalue weighted by Gasteiger charge is 2.33. The Bertz CT molecular complexity index is 1050. The summed E-state index contributed by atoms with van der Waals surface area (Å²) in [6.07, 6.45) is 8.36. The van der Waals surface area contributed by atoms with Crippen molar-refractivity contribution in [3.05, 3.63) is 40.1 Å². The number of rotatable bonds is 3. The highest BCUT2D eigenvalue weighted by molar-refractivity contribution is 9.10. The molecule has 3 heterocycles. The van der Waals surface area contributed by atoms with E-state index in [1.165, 1.54) is 17.7 Å². The molecule has 0 atom stereocenters. The quantitative estimate of drug-likeness (QED) is 0.486. The second-order valence-corrected chi connectivity index (χ2v) is 9.18. The highest BCUT2D eigenvalue weighted by atomic mass is 79.9. The Morgan fingerprint density at radius 3 is 2.47 bits per heavy atom. The SMILES string of the molecule is CN1C(=O)C(=Cc2cn(CC(=O)N3CCCCCC3)c3ccc(Br)cc23)N(C)C1=S. The number of likely N-dealkylation sites (tertiary alicyclic amines) is 1. The van der Waals surface area contributed by atoms with Crippen molar-refractivity contribution in [3.63, 3.8) is 0 Å². The molecule has 0 bridgehead atoms. The Morgan fingerprint density at radius 1 is 1.13 bits per heavy atom. The van der Waals surface area contributed by atoms with Gasteiger partial charge in [-0.1, -0.05) is 28.8 Å². The van der Waals surface area contributed by atoms with Crippen LogP contribution in [-0.4, -0.2) is 63.4 Å². The summed E-state index contributed by atoms with van der Waals surface area (Å²) in [5.74, 6) is 0.0185. The molecule has 0 N–H and O–H groups in total. The number of carbonyl (C=O) groups is 2. The van der Waals surface area contributed by atoms with E-state index >= 15 is 0 Å². The number of hydrogen-bond donors (Lipinski definition) is 0. The van der Waals surface area contributed by atoms with Crippen LogP contribution < -0.4 is 0 Å². The van der Waals surface area contributed by atoms with E-state index in [0.717, 1.165) is 46.9 Å². The Kier molecular flexibility index (Phi) is 5.97. The fraction of sp³-hybridized carbons (Fsp3) is 0.409. The van der Waals surface area contributed by atoms with Gasteiger partial charge >= 0.3 is 0 Å². The van der Waals surface area contributed by atoms with E-state index in [-0.39, 0.29) is 11.8 Å². The maximum absolute atomic E-state index is 13.0. The van der Waals surface area contributed by atoms with Crippen molar-refractivity contribution in [3.8, 4) is 0 Å². The number of benzene rings is 1. The molecule has 4 rings (SSSR count). The summed E-state index contributed by atoms with van der Waals surface area (Å²) in [4.78, 5) is 30.8. The third-order valence-corrected chi connectivity index (χ3v) is 6.93. The van der Waals surface area contributed by atoms with Gasteiger partial charge in [0.1, 0.15) is 12.2 Å². The summed E-state index contributed by atoms with van der Waals surface area (Å²) in [7, 11) is 3.48. The van der Waals surface area contributed by atoms with E-state index in [0.29, 0.717) is 17.4 Å². The minimum absolute atomic E-state index is 0.126. The Labute approximate surface area is 190 Å². The predicted molar refractivity (Wildman–Crippen MR) is 126 cm³/mol. The summed E-state index contributed by atoms with van der Waals surface area (Å²) in [5, 5.41) is 1.47. The van der Waals surface area contributed by atoms with Crippen LogP contribution in [0, 0.1) is 0 Å². The molecule has 2 aliphatic heterocycles. The zero-order valence-corrected chi connectivity index (χ0v) is 19.6. The van der Waals surface area contributed by atoms with Gasteiger partial charge in [0.05, 0.1) is 0 Å². The zero-order chi connectivity index (χ0) is 21.4. The average Bonchev–Trinajstić information content (AvgIpc) is 3.00. The normalized spacial score (nSPS) is 19.3. The number of hydrogen-bond acceptors (Lipinski definition) is 3. The molecular formula is C22H25BrN4O2S. The minimum Gasteiger partial charge on any atom is -0.341 e. The number of likely N-dealkylation sites (N-methyl/N-ethyl adjacent to an activating group) is 2. The smallest absolute Gasteiger partial charge is 0.276 e. The van der Waals surface area contributed by atoms with Gasteiger partial charge in [0, 0.05) is 54.3 Å². The summed E-state index contributed by atoms with van der Waals surface area (Å²) >= 11 is 8.87. The molecular weight excluding hydrogens is 464 g/mol. The van der Waals surface area contributed by atoms with E-state index in [9.17, 15) is 9.59 Å². The van der Waals surface area contributed by atoms with Crippen LogP contribution in [0.5, 0.6) is 0 Å². The molecule has 2 amide bonds. The number of nitrogens with zero attached hydrogens (tertiary/aromatic N) is 4. The molecule has 30 heavy (non-hydrogen) atoms. The summed E-state index contributed by atoms with van der Waals surface area (Å²) < 4.78 is 2.94. The fourth-order valence-corrected chi connectivity index (χ4v) is 4.69. The maximum atomic E-state index is 13.0. The second kappa shape index (κ2) is 8.51. The van der Waals surface area contributed by atoms with Crippen LogP contribution in [0.3, 0.4) is 0 Å². The van der Waals surface area contributed by atoms with Crippen LogP contribution in [0.1, 0.15) is 31.2 Å². The first-order valence-corrected chi connectivity index (χ1v) is 11.4. The molecule has 0 radical (unpaired) electrons. The van der Waals surface area contributed by atoms with Gasteiger partial charge in [-0.2, -0.15) is 0 Å². The molecule has 1 aromatic carbocycles. The summed E-state index contributed by atoms with van der Waals surface area (Å²) in [5.41, 5.74) is 2.39. The highest BCUT2D eigenvalue weighted by Crippen LogP contribution is 2.29. The molecule has 158 valence electrons. The fourth-order valence-electron chi connectivity index (χ4n) is 4.14. The first-order chi connectivity index (χ1) is 14.4. The lowest BCUT2D eigenvalue weighted by atomic mass is 10.1. The number of fused-ring (bicyclic) bond motifs is 1. The third-order valence-electron chi connectivity index (χ3n) is 5.89. The van der Waals surface area contributed by atoms with Crippen molar-refractivity contribution in [2.24, 2.45) is 0 Å². The molecule has 2 fully saturated rings. The van der Waals surface area contributed by atoms with Gasteiger partial charge < -0.3 is 14.4 Å². The number of halogens is 1. The van der Waals surface area contributed by atoms with Crippen LogP contribution in [-0.2, 0) is 16.1 Å². The van der Waals surface area contributed by atoms with Gasteiger partial charge in [0.15, 0.2) is 5.11 Å². The second-order valence-electron chi connectivity index (χ2n) is 7.90. The van der Waals surface area contributed by atoms with E-state index in [1.54, 1.807) is 19.0 Å². The Balaban J connectivity index is 1.71. The van der Waals surface area contributed by atoms with Crippen molar-refractivity contribution in [1.29, 1.82) is 0 Å². The molecule has 1 aromatic heterocycles. The lowest BCUT2D eigenvalue weighted by Gasteiger charge is -2.20. The molecule has 6 nitrogen and oxygen atoms in total. The van der Waals surface area contributed by atoms with Crippen molar-refractivity contribution in [2.45, 2.75) is 32.2 Å². The van der Waals surface area contributed by atoms with Crippen molar-refractivity contribution >= 4 is 62.1 Å². The number of aromatic nitrogens is 1. The molecule has 0 aliphatic carbocycles. The van der Waals surface area contributed by atoms with Crippen LogP contribution in [0.15, 0.2) is 34.6 Å². The molecule has 0 spiro atoms. The zero-order valence-electron chi connectivity index (χ0n) is 17.2. The van der Waals surface area contributed by atoms with Gasteiger partial charge in [-0.3, -0.25) is 14.5 Å². The largest absolute Gasteiger partial charge is 0.341 e. The molecule has 0 saturated carbocycles. The van der Waals surface area contributed by atoms with E-state index in [1.807, 2.05) is 39.9 Å². The van der Waals surface area contributed by atoms with Gasteiger partial charge in [-0.05, 0) is 49.3 Å². The van der Waals surface area contributed by atoms with Crippen molar-refractivity contribution in [2.75, 3.05) is 27.2 Å². The third kappa shape index (κ3) is 3.90. The first-order valence-electron chi connectivity index (χ1n) is 10.2. The maximum Gasteiger partial charge on any atom is 0.276 e. The van der Waals surface area contributed by atoms with E-state index < -0.39 is 0 Å². The standard InChI is InChI=1S/C22H25BrN4O2S/c1-24-19(21(29)25(2)22(24)30)11-15-13-27(18-8-7-16(23)12-17(15)18)14-20(28)26-9-5-3-4-6-10-26/h7-8,11-13H,3-6,9-10,14H2,1-2H3. The van der Waals surface area contributed by atoms with Crippen LogP contribution in [0.2, 0.25) is 0 Å². The molecule has 2 saturated heterocycles. The predicted octanol–water partition coefficient (Wildman–Crippen LogP) is 3.84. The topological polar surface area (TPSA) is 48.8 Å². The van der Waals surface area contributed by atoms with Gasteiger partial charge in [-0.25, -0.2) is 0 Å². The Hall–Kier alpha value is -2.19. The first kappa shape index (κ1) is 21.1. The van der Waals surface area contributed by atoms with Gasteiger partial charge in [0.2, 0.25) is 5.91 Å². The summed E-state index contributed by atoms with van der Waals surface area (Å²) in [6, 6.07) is 6.01. The number of amides is 2. The van der Waals surface area contributed by atoms with Gasteiger partial charge in [-0.15, -0.1) is 0 Å². The molecule has 2 aliphatic rings. The lowest BCUT2D eigenvalue weighted by molar-refractivity contribution is -0.131. The Morgan fingerprint density at radius 2 is 1.83 bits per heavy atom. The molecule has 2 aromatic rings. The number of carbonyl (C=O) groups excluding carboxylic acids is 2. The van der Waals surface area contributed by atoms with Gasteiger partial charge in [0.25, 0.3) is 5.91 Å². The van der Waals surface area contributed by atoms with Crippen molar-refractivity contribution in [1.82, 2.24) is 19.3 Å². The average molecular weight is 489 g/mol. The molecule has 0 unspecified atom stereocenters. The van der Waals surface area contributed by atoms with Crippen LogP contribution in [0.25, 0.3) is 17.0 Å². The summed E-state index contributed by atoms with van der Waals surface area (Å²) in [6.45, 7) is 1.97. The van der Waals surface area contributed by atoms with Crippen LogP contribution in [0.4, 0.5) is 0 Å². The minimum atomic E-state index is -0.126. The van der Waals surface area contributed by atoms with E-state index in [4.69, 9.17) is 12.2 Å². The monoisotopic (exact) mass is 488 g/mol. The molecule has 8 heteroatoms. The number of thiocarbonyl (C=S) groups is 1.